The van der Waals surface area contributed by atoms with E-state index in [1.165, 1.54) is 33.2 Å². The van der Waals surface area contributed by atoms with Crippen LogP contribution in [-0.2, 0) is 5.41 Å². The first-order chi connectivity index (χ1) is 14.4. The lowest BCUT2D eigenvalue weighted by Gasteiger charge is -2.21. The number of hydrogen-bond donors (Lipinski definition) is 0. The summed E-state index contributed by atoms with van der Waals surface area (Å²) in [6, 6.07) is 21.9. The fourth-order valence-electron chi connectivity index (χ4n) is 5.07. The van der Waals surface area contributed by atoms with Gasteiger partial charge in [0.2, 0.25) is 0 Å². The molecule has 0 atom stereocenters. The lowest BCUT2D eigenvalue weighted by molar-refractivity contribution is 0.647. The summed E-state index contributed by atoms with van der Waals surface area (Å²) in [4.78, 5) is 4.68. The van der Waals surface area contributed by atoms with Crippen molar-refractivity contribution in [1.82, 2.24) is 4.98 Å². The zero-order chi connectivity index (χ0) is 20.6. The molecular weight excluding hydrogens is 366 g/mol. The maximum Gasteiger partial charge on any atom is 0.145 e. The molecule has 0 bridgehead atoms. The zero-order valence-corrected chi connectivity index (χ0v) is 17.7. The maximum atomic E-state index is 6.53. The number of furan rings is 1. The van der Waals surface area contributed by atoms with Crippen molar-refractivity contribution < 1.29 is 4.42 Å². The fraction of sp³-hybridized carbons (Fsp3) is 0.179. The van der Waals surface area contributed by atoms with Crippen molar-refractivity contribution in [3.05, 3.63) is 89.1 Å². The molecule has 0 radical (unpaired) electrons. The molecule has 2 heteroatoms. The molecule has 0 spiro atoms. The minimum absolute atomic E-state index is 0.0314. The maximum absolute atomic E-state index is 6.53. The van der Waals surface area contributed by atoms with E-state index in [1.807, 2.05) is 6.20 Å². The van der Waals surface area contributed by atoms with Crippen LogP contribution in [0.5, 0.6) is 0 Å². The van der Waals surface area contributed by atoms with E-state index < -0.39 is 0 Å². The van der Waals surface area contributed by atoms with Crippen molar-refractivity contribution in [3.63, 3.8) is 0 Å². The van der Waals surface area contributed by atoms with Crippen LogP contribution in [0.4, 0.5) is 0 Å². The molecule has 146 valence electrons. The molecule has 5 aromatic rings. The summed E-state index contributed by atoms with van der Waals surface area (Å²) < 4.78 is 6.53. The lowest BCUT2D eigenvalue weighted by Crippen LogP contribution is -2.14. The zero-order valence-electron chi connectivity index (χ0n) is 17.7. The Kier molecular flexibility index (Phi) is 3.39. The Morgan fingerprint density at radius 1 is 0.800 bits per heavy atom. The largest absolute Gasteiger partial charge is 0.455 e. The standard InChI is InChI=1S/C28H23NO/c1-16-9-12-24(29-15-16)26-17(2)10-11-19-21-13-20-18-7-5-6-8-22(18)28(3,4)23(20)14-25(21)30-27(19)26/h5-15H,1-4H3. The van der Waals surface area contributed by atoms with Gasteiger partial charge in [-0.3, -0.25) is 4.98 Å². The number of aryl methyl sites for hydroxylation is 2. The van der Waals surface area contributed by atoms with Gasteiger partial charge in [0.1, 0.15) is 11.2 Å². The van der Waals surface area contributed by atoms with Gasteiger partial charge in [0.05, 0.1) is 5.69 Å². The minimum atomic E-state index is -0.0314. The van der Waals surface area contributed by atoms with Crippen molar-refractivity contribution in [1.29, 1.82) is 0 Å². The molecule has 0 unspecified atom stereocenters. The smallest absolute Gasteiger partial charge is 0.145 e. The average molecular weight is 389 g/mol. The summed E-state index contributed by atoms with van der Waals surface area (Å²) in [6.45, 7) is 8.80. The molecule has 1 aliphatic carbocycles. The number of aromatic nitrogens is 1. The monoisotopic (exact) mass is 389 g/mol. The van der Waals surface area contributed by atoms with E-state index in [1.54, 1.807) is 0 Å². The highest BCUT2D eigenvalue weighted by Gasteiger charge is 2.36. The number of fused-ring (bicyclic) bond motifs is 6. The van der Waals surface area contributed by atoms with Crippen LogP contribution in [0.25, 0.3) is 44.3 Å². The van der Waals surface area contributed by atoms with E-state index in [9.17, 15) is 0 Å². The Balaban J connectivity index is 1.69. The average Bonchev–Trinajstić information content (AvgIpc) is 3.21. The van der Waals surface area contributed by atoms with Crippen LogP contribution < -0.4 is 0 Å². The topological polar surface area (TPSA) is 26.0 Å². The number of pyridine rings is 1. The van der Waals surface area contributed by atoms with Crippen LogP contribution in [-0.4, -0.2) is 4.98 Å². The van der Waals surface area contributed by atoms with Gasteiger partial charge in [-0.05, 0) is 65.4 Å². The third kappa shape index (κ3) is 2.22. The molecule has 0 aliphatic heterocycles. The van der Waals surface area contributed by atoms with Gasteiger partial charge in [0.15, 0.2) is 0 Å². The normalized spacial score (nSPS) is 14.3. The van der Waals surface area contributed by atoms with Gasteiger partial charge in [-0.2, -0.15) is 0 Å². The van der Waals surface area contributed by atoms with Crippen molar-refractivity contribution in [3.8, 4) is 22.4 Å². The van der Waals surface area contributed by atoms with Gasteiger partial charge in [-0.1, -0.05) is 56.3 Å². The number of hydrogen-bond acceptors (Lipinski definition) is 2. The third-order valence-corrected chi connectivity index (χ3v) is 6.72. The summed E-state index contributed by atoms with van der Waals surface area (Å²) >= 11 is 0. The van der Waals surface area contributed by atoms with E-state index in [-0.39, 0.29) is 5.41 Å². The first-order valence-electron chi connectivity index (χ1n) is 10.5. The molecular formula is C28H23NO. The molecule has 0 N–H and O–H groups in total. The highest BCUT2D eigenvalue weighted by atomic mass is 16.3. The van der Waals surface area contributed by atoms with Gasteiger partial charge in [-0.25, -0.2) is 0 Å². The van der Waals surface area contributed by atoms with Gasteiger partial charge >= 0.3 is 0 Å². The van der Waals surface area contributed by atoms with Crippen LogP contribution in [0.15, 0.2) is 71.3 Å². The Labute approximate surface area is 176 Å². The van der Waals surface area contributed by atoms with Crippen molar-refractivity contribution in [2.75, 3.05) is 0 Å². The number of benzene rings is 3. The summed E-state index contributed by atoms with van der Waals surface area (Å²) in [5.41, 5.74) is 11.6. The minimum Gasteiger partial charge on any atom is -0.455 e. The van der Waals surface area contributed by atoms with Crippen LogP contribution >= 0.6 is 0 Å². The predicted molar refractivity (Wildman–Crippen MR) is 124 cm³/mol. The Morgan fingerprint density at radius 3 is 2.43 bits per heavy atom. The molecule has 2 heterocycles. The second-order valence-electron chi connectivity index (χ2n) is 9.02. The highest BCUT2D eigenvalue weighted by Crippen LogP contribution is 2.51. The van der Waals surface area contributed by atoms with E-state index >= 15 is 0 Å². The Hall–Kier alpha value is -3.39. The Morgan fingerprint density at radius 2 is 1.63 bits per heavy atom. The second kappa shape index (κ2) is 5.82. The first-order valence-corrected chi connectivity index (χ1v) is 10.5. The van der Waals surface area contributed by atoms with Crippen LogP contribution in [0, 0.1) is 13.8 Å². The van der Waals surface area contributed by atoms with Gasteiger partial charge in [-0.15, -0.1) is 0 Å². The quantitative estimate of drug-likeness (QED) is 0.295. The van der Waals surface area contributed by atoms with Gasteiger partial charge in [0, 0.05) is 27.9 Å². The summed E-state index contributed by atoms with van der Waals surface area (Å²) in [5.74, 6) is 0. The summed E-state index contributed by atoms with van der Waals surface area (Å²) in [7, 11) is 0. The molecule has 0 saturated heterocycles. The van der Waals surface area contributed by atoms with Crippen LogP contribution in [0.3, 0.4) is 0 Å². The van der Waals surface area contributed by atoms with Crippen molar-refractivity contribution >= 4 is 21.9 Å². The predicted octanol–water partition coefficient (Wildman–Crippen LogP) is 7.57. The molecule has 2 aromatic heterocycles. The molecule has 0 saturated carbocycles. The van der Waals surface area contributed by atoms with E-state index in [0.717, 1.165) is 33.4 Å². The second-order valence-corrected chi connectivity index (χ2v) is 9.02. The van der Waals surface area contributed by atoms with E-state index in [2.05, 4.69) is 93.3 Å². The first kappa shape index (κ1) is 17.5. The third-order valence-electron chi connectivity index (χ3n) is 6.72. The molecule has 6 rings (SSSR count). The molecule has 1 aliphatic rings. The molecule has 30 heavy (non-hydrogen) atoms. The Bertz CT molecular complexity index is 1470. The van der Waals surface area contributed by atoms with Gasteiger partial charge < -0.3 is 4.42 Å². The SMILES string of the molecule is Cc1ccc(-c2c(C)ccc3c2oc2cc4c(cc23)-c2ccccc2C4(C)C)nc1. The molecule has 0 amide bonds. The van der Waals surface area contributed by atoms with Crippen molar-refractivity contribution in [2.24, 2.45) is 0 Å². The summed E-state index contributed by atoms with van der Waals surface area (Å²) in [5, 5.41) is 2.32. The van der Waals surface area contributed by atoms with Crippen LogP contribution in [0.1, 0.15) is 36.1 Å². The molecule has 2 nitrogen and oxygen atoms in total. The van der Waals surface area contributed by atoms with Gasteiger partial charge in [0.25, 0.3) is 0 Å². The molecule has 0 fully saturated rings. The summed E-state index contributed by atoms with van der Waals surface area (Å²) in [6.07, 6.45) is 1.92. The molecule has 3 aromatic carbocycles. The lowest BCUT2D eigenvalue weighted by atomic mass is 9.82. The number of rotatable bonds is 1. The van der Waals surface area contributed by atoms with Crippen molar-refractivity contribution in [2.45, 2.75) is 33.1 Å². The number of nitrogens with zero attached hydrogens (tertiary/aromatic N) is 1. The van der Waals surface area contributed by atoms with E-state index in [4.69, 9.17) is 4.42 Å². The highest BCUT2D eigenvalue weighted by molar-refractivity contribution is 6.11. The van der Waals surface area contributed by atoms with E-state index in [0.29, 0.717) is 0 Å². The fourth-order valence-corrected chi connectivity index (χ4v) is 5.07. The van der Waals surface area contributed by atoms with Crippen LogP contribution in [0.2, 0.25) is 0 Å².